The topological polar surface area (TPSA) is 101 Å². The molecule has 3 amide bonds. The number of nitrogens with one attached hydrogen (secondary N) is 2. The highest BCUT2D eigenvalue weighted by molar-refractivity contribution is 5.95. The van der Waals surface area contributed by atoms with E-state index in [0.717, 1.165) is 12.3 Å². The number of rotatable bonds is 5. The Kier molecular flexibility index (Phi) is 7.40. The lowest BCUT2D eigenvalue weighted by atomic mass is 9.97. The molecule has 2 rings (SSSR count). The van der Waals surface area contributed by atoms with Gasteiger partial charge in [0.1, 0.15) is 5.82 Å². The molecular formula is C18H23F3N4O4. The second-order valence-electron chi connectivity index (χ2n) is 6.95. The van der Waals surface area contributed by atoms with Gasteiger partial charge < -0.3 is 15.0 Å². The number of urea groups is 1. The van der Waals surface area contributed by atoms with E-state index in [1.54, 1.807) is 18.7 Å². The number of piperidine rings is 1. The van der Waals surface area contributed by atoms with E-state index in [1.807, 2.05) is 0 Å². The molecule has 0 radical (unpaired) electrons. The molecule has 2 N–H and O–H groups in total. The first-order chi connectivity index (χ1) is 13.6. The van der Waals surface area contributed by atoms with Crippen LogP contribution in [0.15, 0.2) is 18.3 Å². The third-order valence-electron chi connectivity index (χ3n) is 4.25. The Morgan fingerprint density at radius 1 is 1.24 bits per heavy atom. The van der Waals surface area contributed by atoms with Crippen molar-refractivity contribution in [1.29, 1.82) is 0 Å². The Morgan fingerprint density at radius 3 is 2.41 bits per heavy atom. The van der Waals surface area contributed by atoms with Gasteiger partial charge in [-0.25, -0.2) is 9.78 Å². The molecule has 0 saturated carbocycles. The van der Waals surface area contributed by atoms with Crippen molar-refractivity contribution in [3.05, 3.63) is 23.9 Å². The molecule has 11 heteroatoms. The van der Waals surface area contributed by atoms with Crippen LogP contribution < -0.4 is 15.5 Å². The molecule has 1 aliphatic rings. The molecule has 1 aromatic rings. The van der Waals surface area contributed by atoms with Crippen LogP contribution in [0.25, 0.3) is 0 Å². The molecule has 1 fully saturated rings. The van der Waals surface area contributed by atoms with Crippen LogP contribution in [0.1, 0.15) is 32.3 Å². The van der Waals surface area contributed by atoms with Crippen LogP contribution in [0.4, 0.5) is 23.8 Å². The fraction of sp³-hybridized carbons (Fsp3) is 0.556. The SMILES string of the molecule is CC(C)NC(=O)NC(=O)COC(=O)C1CCN(c2ccc(C(F)(F)F)cn2)CC1. The molecule has 1 saturated heterocycles. The lowest BCUT2D eigenvalue weighted by Gasteiger charge is -2.31. The number of carbonyl (C=O) groups is 3. The van der Waals surface area contributed by atoms with Crippen molar-refractivity contribution in [3.8, 4) is 0 Å². The summed E-state index contributed by atoms with van der Waals surface area (Å²) in [7, 11) is 0. The number of halogens is 3. The van der Waals surface area contributed by atoms with Crippen LogP contribution in [0.5, 0.6) is 0 Å². The number of amides is 3. The number of anilines is 1. The summed E-state index contributed by atoms with van der Waals surface area (Å²) in [5, 5.41) is 4.52. The second kappa shape index (κ2) is 9.57. The molecule has 2 heterocycles. The first-order valence-corrected chi connectivity index (χ1v) is 9.11. The summed E-state index contributed by atoms with van der Waals surface area (Å²) in [5.74, 6) is -1.31. The van der Waals surface area contributed by atoms with Crippen LogP contribution in [0.3, 0.4) is 0 Å². The summed E-state index contributed by atoms with van der Waals surface area (Å²) in [5.41, 5.74) is -0.819. The summed E-state index contributed by atoms with van der Waals surface area (Å²) in [4.78, 5) is 40.7. The van der Waals surface area contributed by atoms with Gasteiger partial charge in [-0.2, -0.15) is 13.2 Å². The predicted molar refractivity (Wildman–Crippen MR) is 96.9 cm³/mol. The second-order valence-corrected chi connectivity index (χ2v) is 6.95. The first-order valence-electron chi connectivity index (χ1n) is 9.11. The number of ether oxygens (including phenoxy) is 1. The highest BCUT2D eigenvalue weighted by Crippen LogP contribution is 2.30. The van der Waals surface area contributed by atoms with Crippen LogP contribution >= 0.6 is 0 Å². The van der Waals surface area contributed by atoms with Crippen molar-refractivity contribution in [2.24, 2.45) is 5.92 Å². The summed E-state index contributed by atoms with van der Waals surface area (Å²) in [6, 6.07) is 1.46. The van der Waals surface area contributed by atoms with Crippen LogP contribution in [0.2, 0.25) is 0 Å². The summed E-state index contributed by atoms with van der Waals surface area (Å²) < 4.78 is 42.8. The van der Waals surface area contributed by atoms with E-state index in [1.165, 1.54) is 6.07 Å². The zero-order valence-corrected chi connectivity index (χ0v) is 16.1. The predicted octanol–water partition coefficient (Wildman–Crippen LogP) is 2.09. The molecule has 160 valence electrons. The summed E-state index contributed by atoms with van der Waals surface area (Å²) >= 11 is 0. The lowest BCUT2D eigenvalue weighted by Crippen LogP contribution is -2.44. The van der Waals surface area contributed by atoms with E-state index in [0.29, 0.717) is 31.7 Å². The number of hydrogen-bond acceptors (Lipinski definition) is 6. The molecule has 0 unspecified atom stereocenters. The molecule has 8 nitrogen and oxygen atoms in total. The van der Waals surface area contributed by atoms with E-state index in [4.69, 9.17) is 4.74 Å². The van der Waals surface area contributed by atoms with Gasteiger partial charge in [0.25, 0.3) is 5.91 Å². The maximum absolute atomic E-state index is 12.6. The fourth-order valence-corrected chi connectivity index (χ4v) is 2.80. The van der Waals surface area contributed by atoms with Gasteiger partial charge in [0.05, 0.1) is 11.5 Å². The van der Waals surface area contributed by atoms with E-state index >= 15 is 0 Å². The molecular weight excluding hydrogens is 393 g/mol. The number of nitrogens with zero attached hydrogens (tertiary/aromatic N) is 2. The maximum atomic E-state index is 12.6. The van der Waals surface area contributed by atoms with Crippen molar-refractivity contribution >= 4 is 23.7 Å². The average Bonchev–Trinajstić information content (AvgIpc) is 2.65. The zero-order valence-electron chi connectivity index (χ0n) is 16.1. The number of aromatic nitrogens is 1. The number of imide groups is 1. The van der Waals surface area contributed by atoms with Gasteiger partial charge in [-0.15, -0.1) is 0 Å². The third kappa shape index (κ3) is 6.91. The van der Waals surface area contributed by atoms with E-state index in [-0.39, 0.29) is 6.04 Å². The third-order valence-corrected chi connectivity index (χ3v) is 4.25. The minimum atomic E-state index is -4.44. The van der Waals surface area contributed by atoms with Crippen molar-refractivity contribution in [2.45, 2.75) is 38.9 Å². The van der Waals surface area contributed by atoms with Gasteiger partial charge in [0, 0.05) is 25.3 Å². The minimum absolute atomic E-state index is 0.144. The van der Waals surface area contributed by atoms with Crippen molar-refractivity contribution < 1.29 is 32.3 Å². The van der Waals surface area contributed by atoms with Crippen molar-refractivity contribution in [1.82, 2.24) is 15.6 Å². The van der Waals surface area contributed by atoms with Crippen molar-refractivity contribution in [2.75, 3.05) is 24.6 Å². The monoisotopic (exact) mass is 416 g/mol. The van der Waals surface area contributed by atoms with Gasteiger partial charge in [-0.05, 0) is 38.8 Å². The number of esters is 1. The smallest absolute Gasteiger partial charge is 0.417 e. The normalized spacial score (nSPS) is 15.2. The molecule has 0 aliphatic carbocycles. The zero-order chi connectivity index (χ0) is 21.6. The minimum Gasteiger partial charge on any atom is -0.455 e. The standard InChI is InChI=1S/C18H23F3N4O4/c1-11(2)23-17(28)24-15(26)10-29-16(27)12-5-7-25(8-6-12)14-4-3-13(9-22-14)18(19,20)21/h3-4,9,11-12H,5-8,10H2,1-2H3,(H2,23,24,26,28). The van der Waals surface area contributed by atoms with Gasteiger partial charge in [0.15, 0.2) is 6.61 Å². The maximum Gasteiger partial charge on any atom is 0.417 e. The molecule has 1 aliphatic heterocycles. The van der Waals surface area contributed by atoms with Gasteiger partial charge >= 0.3 is 18.2 Å². The molecule has 29 heavy (non-hydrogen) atoms. The number of alkyl halides is 3. The van der Waals surface area contributed by atoms with E-state index in [2.05, 4.69) is 15.6 Å². The van der Waals surface area contributed by atoms with Gasteiger partial charge in [-0.3, -0.25) is 14.9 Å². The number of hydrogen-bond donors (Lipinski definition) is 2. The number of carbonyl (C=O) groups excluding carboxylic acids is 3. The largest absolute Gasteiger partial charge is 0.455 e. The van der Waals surface area contributed by atoms with Gasteiger partial charge in [0.2, 0.25) is 0 Å². The Balaban J connectivity index is 1.76. The Morgan fingerprint density at radius 2 is 1.90 bits per heavy atom. The number of pyridine rings is 1. The molecule has 0 aromatic carbocycles. The van der Waals surface area contributed by atoms with Crippen LogP contribution in [0, 0.1) is 5.92 Å². The van der Waals surface area contributed by atoms with Crippen molar-refractivity contribution in [3.63, 3.8) is 0 Å². The molecule has 0 atom stereocenters. The van der Waals surface area contributed by atoms with Crippen LogP contribution in [-0.4, -0.2) is 48.6 Å². The highest BCUT2D eigenvalue weighted by Gasteiger charge is 2.31. The molecule has 0 spiro atoms. The highest BCUT2D eigenvalue weighted by atomic mass is 19.4. The van der Waals surface area contributed by atoms with E-state index < -0.39 is 42.2 Å². The Bertz CT molecular complexity index is 730. The Hall–Kier alpha value is -2.85. The fourth-order valence-electron chi connectivity index (χ4n) is 2.80. The first kappa shape index (κ1) is 22.4. The quantitative estimate of drug-likeness (QED) is 0.713. The Labute approximate surface area is 165 Å². The summed E-state index contributed by atoms with van der Waals surface area (Å²) in [6.07, 6.45) is -2.83. The lowest BCUT2D eigenvalue weighted by molar-refractivity contribution is -0.153. The summed E-state index contributed by atoms with van der Waals surface area (Å²) in [6.45, 7) is 3.74. The molecule has 1 aromatic heterocycles. The average molecular weight is 416 g/mol. The van der Waals surface area contributed by atoms with Crippen LogP contribution in [-0.2, 0) is 20.5 Å². The van der Waals surface area contributed by atoms with Gasteiger partial charge in [-0.1, -0.05) is 0 Å². The van der Waals surface area contributed by atoms with E-state index in [9.17, 15) is 27.6 Å². The molecule has 0 bridgehead atoms.